The Kier molecular flexibility index (Phi) is 2.99. The summed E-state index contributed by atoms with van der Waals surface area (Å²) in [5.41, 5.74) is 10.1. The van der Waals surface area contributed by atoms with Crippen LogP contribution in [0.4, 0.5) is 5.82 Å². The first kappa shape index (κ1) is 11.5. The number of hydrogen-bond donors (Lipinski definition) is 1. The van der Waals surface area contributed by atoms with E-state index in [1.165, 1.54) is 11.1 Å². The Morgan fingerprint density at radius 2 is 1.21 bits per heavy atom. The van der Waals surface area contributed by atoms with Gasteiger partial charge in [-0.25, -0.2) is 4.98 Å². The molecule has 3 aromatic rings. The van der Waals surface area contributed by atoms with E-state index < -0.39 is 0 Å². The summed E-state index contributed by atoms with van der Waals surface area (Å²) in [7, 11) is 0. The van der Waals surface area contributed by atoms with Gasteiger partial charge in [0.15, 0.2) is 0 Å². The molecule has 0 radical (unpaired) electrons. The molecule has 0 aliphatic carbocycles. The van der Waals surface area contributed by atoms with Gasteiger partial charge in [0.2, 0.25) is 0 Å². The lowest BCUT2D eigenvalue weighted by Gasteiger charge is -2.05. The minimum absolute atomic E-state index is 0.546. The van der Waals surface area contributed by atoms with Crippen LogP contribution in [0.25, 0.3) is 22.4 Å². The Bertz CT molecular complexity index is 673. The van der Waals surface area contributed by atoms with Crippen molar-refractivity contribution in [3.8, 4) is 22.4 Å². The lowest BCUT2D eigenvalue weighted by atomic mass is 10.0. The second kappa shape index (κ2) is 4.94. The largest absolute Gasteiger partial charge is 0.384 e. The van der Waals surface area contributed by atoms with Gasteiger partial charge in [0, 0.05) is 5.56 Å². The average molecular weight is 246 g/mol. The molecule has 1 heterocycles. The van der Waals surface area contributed by atoms with Crippen LogP contribution in [0.15, 0.2) is 72.8 Å². The van der Waals surface area contributed by atoms with Crippen molar-refractivity contribution < 1.29 is 0 Å². The summed E-state index contributed by atoms with van der Waals surface area (Å²) in [5, 5.41) is 0. The molecule has 0 saturated carbocycles. The molecule has 0 spiro atoms. The highest BCUT2D eigenvalue weighted by atomic mass is 14.8. The van der Waals surface area contributed by atoms with E-state index in [4.69, 9.17) is 5.73 Å². The Hall–Kier alpha value is -2.61. The molecule has 0 aliphatic rings. The van der Waals surface area contributed by atoms with Gasteiger partial charge >= 0.3 is 0 Å². The molecule has 0 aliphatic heterocycles. The maximum atomic E-state index is 5.71. The average Bonchev–Trinajstić information content (AvgIpc) is 2.48. The van der Waals surface area contributed by atoms with E-state index in [0.717, 1.165) is 11.3 Å². The standard InChI is InChI=1S/C17H14N2/c18-17-8-4-7-16(19-17)15-11-9-14(10-12-15)13-5-2-1-3-6-13/h1-12H,(H2,18,19). The van der Waals surface area contributed by atoms with Crippen molar-refractivity contribution in [3.63, 3.8) is 0 Å². The van der Waals surface area contributed by atoms with Gasteiger partial charge in [0.1, 0.15) is 5.82 Å². The van der Waals surface area contributed by atoms with Crippen molar-refractivity contribution in [1.82, 2.24) is 4.98 Å². The number of aromatic nitrogens is 1. The molecule has 0 amide bonds. The third kappa shape index (κ3) is 2.47. The number of nitrogens with zero attached hydrogens (tertiary/aromatic N) is 1. The molecule has 19 heavy (non-hydrogen) atoms. The highest BCUT2D eigenvalue weighted by molar-refractivity contribution is 5.69. The summed E-state index contributed by atoms with van der Waals surface area (Å²) < 4.78 is 0. The fourth-order valence-electron chi connectivity index (χ4n) is 2.08. The van der Waals surface area contributed by atoms with Crippen molar-refractivity contribution in [1.29, 1.82) is 0 Å². The molecular weight excluding hydrogens is 232 g/mol. The predicted molar refractivity (Wildman–Crippen MR) is 79.5 cm³/mol. The highest BCUT2D eigenvalue weighted by Gasteiger charge is 2.01. The molecule has 2 heteroatoms. The Labute approximate surface area is 112 Å². The molecule has 3 rings (SSSR count). The van der Waals surface area contributed by atoms with Crippen molar-refractivity contribution in [2.24, 2.45) is 0 Å². The monoisotopic (exact) mass is 246 g/mol. The summed E-state index contributed by atoms with van der Waals surface area (Å²) in [6.45, 7) is 0. The number of hydrogen-bond acceptors (Lipinski definition) is 2. The van der Waals surface area contributed by atoms with Gasteiger partial charge in [-0.2, -0.15) is 0 Å². The van der Waals surface area contributed by atoms with Crippen LogP contribution in [0.3, 0.4) is 0 Å². The SMILES string of the molecule is Nc1cccc(-c2ccc(-c3ccccc3)cc2)n1. The molecular formula is C17H14N2. The molecule has 2 nitrogen and oxygen atoms in total. The van der Waals surface area contributed by atoms with Crippen LogP contribution >= 0.6 is 0 Å². The van der Waals surface area contributed by atoms with Crippen molar-refractivity contribution in [3.05, 3.63) is 72.8 Å². The molecule has 0 fully saturated rings. The van der Waals surface area contributed by atoms with Gasteiger partial charge in [-0.15, -0.1) is 0 Å². The summed E-state index contributed by atoms with van der Waals surface area (Å²) in [4.78, 5) is 4.32. The van der Waals surface area contributed by atoms with Gasteiger partial charge in [0.05, 0.1) is 5.69 Å². The smallest absolute Gasteiger partial charge is 0.124 e. The van der Waals surface area contributed by atoms with Gasteiger partial charge in [0.25, 0.3) is 0 Å². The Morgan fingerprint density at radius 1 is 0.579 bits per heavy atom. The minimum atomic E-state index is 0.546. The molecule has 0 saturated heterocycles. The van der Waals surface area contributed by atoms with Crippen LogP contribution in [0.2, 0.25) is 0 Å². The fourth-order valence-corrected chi connectivity index (χ4v) is 2.08. The van der Waals surface area contributed by atoms with E-state index in [0.29, 0.717) is 5.82 Å². The lowest BCUT2D eigenvalue weighted by molar-refractivity contribution is 1.33. The Morgan fingerprint density at radius 3 is 1.89 bits per heavy atom. The van der Waals surface area contributed by atoms with Crippen molar-refractivity contribution in [2.45, 2.75) is 0 Å². The van der Waals surface area contributed by atoms with E-state index in [1.807, 2.05) is 30.3 Å². The highest BCUT2D eigenvalue weighted by Crippen LogP contribution is 2.23. The quantitative estimate of drug-likeness (QED) is 0.742. The second-order valence-corrected chi connectivity index (χ2v) is 4.39. The number of pyridine rings is 1. The van der Waals surface area contributed by atoms with Crippen LogP contribution in [-0.2, 0) is 0 Å². The molecule has 2 N–H and O–H groups in total. The molecule has 0 unspecified atom stereocenters. The topological polar surface area (TPSA) is 38.9 Å². The molecule has 2 aromatic carbocycles. The van der Waals surface area contributed by atoms with Gasteiger partial charge in [-0.1, -0.05) is 60.7 Å². The maximum Gasteiger partial charge on any atom is 0.124 e. The van der Waals surface area contributed by atoms with E-state index in [9.17, 15) is 0 Å². The van der Waals surface area contributed by atoms with Gasteiger partial charge < -0.3 is 5.73 Å². The zero-order valence-corrected chi connectivity index (χ0v) is 10.5. The van der Waals surface area contributed by atoms with Crippen LogP contribution in [0.5, 0.6) is 0 Å². The first-order valence-electron chi connectivity index (χ1n) is 6.21. The number of anilines is 1. The fraction of sp³-hybridized carbons (Fsp3) is 0. The summed E-state index contributed by atoms with van der Waals surface area (Å²) in [6.07, 6.45) is 0. The van der Waals surface area contributed by atoms with Crippen LogP contribution in [-0.4, -0.2) is 4.98 Å². The first-order valence-corrected chi connectivity index (χ1v) is 6.21. The predicted octanol–water partition coefficient (Wildman–Crippen LogP) is 4.00. The summed E-state index contributed by atoms with van der Waals surface area (Å²) in [5.74, 6) is 0.546. The zero-order valence-electron chi connectivity index (χ0n) is 10.5. The van der Waals surface area contributed by atoms with E-state index >= 15 is 0 Å². The molecule has 92 valence electrons. The normalized spacial score (nSPS) is 10.3. The first-order chi connectivity index (χ1) is 9.33. The van der Waals surface area contributed by atoms with Crippen LogP contribution < -0.4 is 5.73 Å². The zero-order chi connectivity index (χ0) is 13.1. The molecule has 0 atom stereocenters. The maximum absolute atomic E-state index is 5.71. The number of nitrogen functional groups attached to an aromatic ring is 1. The van der Waals surface area contributed by atoms with E-state index in [2.05, 4.69) is 41.4 Å². The minimum Gasteiger partial charge on any atom is -0.384 e. The van der Waals surface area contributed by atoms with Crippen molar-refractivity contribution >= 4 is 5.82 Å². The lowest BCUT2D eigenvalue weighted by Crippen LogP contribution is -1.91. The number of nitrogens with two attached hydrogens (primary N) is 1. The molecule has 1 aromatic heterocycles. The Balaban J connectivity index is 1.95. The van der Waals surface area contributed by atoms with Gasteiger partial charge in [-0.05, 0) is 23.3 Å². The van der Waals surface area contributed by atoms with Crippen LogP contribution in [0, 0.1) is 0 Å². The number of rotatable bonds is 2. The third-order valence-corrected chi connectivity index (χ3v) is 3.06. The van der Waals surface area contributed by atoms with E-state index in [1.54, 1.807) is 6.07 Å². The molecule has 0 bridgehead atoms. The summed E-state index contributed by atoms with van der Waals surface area (Å²) in [6, 6.07) is 24.4. The van der Waals surface area contributed by atoms with Gasteiger partial charge in [-0.3, -0.25) is 0 Å². The van der Waals surface area contributed by atoms with E-state index in [-0.39, 0.29) is 0 Å². The number of benzene rings is 2. The van der Waals surface area contributed by atoms with Crippen LogP contribution in [0.1, 0.15) is 0 Å². The third-order valence-electron chi connectivity index (χ3n) is 3.06. The summed E-state index contributed by atoms with van der Waals surface area (Å²) >= 11 is 0. The van der Waals surface area contributed by atoms with Crippen molar-refractivity contribution in [2.75, 3.05) is 5.73 Å². The second-order valence-electron chi connectivity index (χ2n) is 4.39.